The van der Waals surface area contributed by atoms with E-state index in [-0.39, 0.29) is 6.10 Å². The van der Waals surface area contributed by atoms with E-state index in [0.29, 0.717) is 6.04 Å². The van der Waals surface area contributed by atoms with Crippen LogP contribution in [0.5, 0.6) is 5.75 Å². The third-order valence-corrected chi connectivity index (χ3v) is 4.37. The Morgan fingerprint density at radius 1 is 1.38 bits per heavy atom. The fourth-order valence-electron chi connectivity index (χ4n) is 3.24. The second-order valence-electron chi connectivity index (χ2n) is 6.09. The average Bonchev–Trinajstić information content (AvgIpc) is 2.87. The molecule has 4 nitrogen and oxygen atoms in total. The summed E-state index contributed by atoms with van der Waals surface area (Å²) in [6.07, 6.45) is 1.31. The minimum atomic E-state index is 0.282. The highest BCUT2D eigenvalue weighted by Crippen LogP contribution is 2.30. The van der Waals surface area contributed by atoms with Crippen LogP contribution in [0, 0.1) is 6.92 Å². The van der Waals surface area contributed by atoms with Crippen molar-refractivity contribution in [3.8, 4) is 5.75 Å². The second kappa shape index (κ2) is 6.77. The molecule has 1 aromatic carbocycles. The summed E-state index contributed by atoms with van der Waals surface area (Å²) in [5.41, 5.74) is 2.67. The molecule has 2 heterocycles. The first-order valence-corrected chi connectivity index (χ1v) is 8.05. The van der Waals surface area contributed by atoms with E-state index >= 15 is 0 Å². The van der Waals surface area contributed by atoms with Crippen LogP contribution in [0.4, 0.5) is 0 Å². The summed E-state index contributed by atoms with van der Waals surface area (Å²) in [6, 6.07) is 6.96. The van der Waals surface area contributed by atoms with E-state index in [1.807, 2.05) is 0 Å². The smallest absolute Gasteiger partial charge is 0.123 e. The first kappa shape index (κ1) is 14.8. The number of nitrogens with one attached hydrogen (secondary N) is 1. The molecule has 0 radical (unpaired) electrons. The van der Waals surface area contributed by atoms with E-state index in [1.54, 1.807) is 0 Å². The molecule has 1 fully saturated rings. The SMILES string of the molecule is CCNCC1COCCN1CC1Cc2cc(C)ccc2O1. The van der Waals surface area contributed by atoms with Crippen LogP contribution in [0.25, 0.3) is 0 Å². The summed E-state index contributed by atoms with van der Waals surface area (Å²) in [4.78, 5) is 2.52. The van der Waals surface area contributed by atoms with Crippen molar-refractivity contribution in [2.75, 3.05) is 39.4 Å². The third-order valence-electron chi connectivity index (χ3n) is 4.37. The molecular weight excluding hydrogens is 264 g/mol. The summed E-state index contributed by atoms with van der Waals surface area (Å²) < 4.78 is 11.7. The topological polar surface area (TPSA) is 33.7 Å². The van der Waals surface area contributed by atoms with Gasteiger partial charge >= 0.3 is 0 Å². The molecule has 3 rings (SSSR count). The number of morpholine rings is 1. The highest BCUT2D eigenvalue weighted by atomic mass is 16.5. The van der Waals surface area contributed by atoms with Crippen LogP contribution in [0.15, 0.2) is 18.2 Å². The van der Waals surface area contributed by atoms with Crippen molar-refractivity contribution in [2.24, 2.45) is 0 Å². The molecule has 0 spiro atoms. The lowest BCUT2D eigenvalue weighted by atomic mass is 10.1. The molecule has 0 amide bonds. The van der Waals surface area contributed by atoms with Gasteiger partial charge in [0.05, 0.1) is 13.2 Å². The number of benzene rings is 1. The summed E-state index contributed by atoms with van der Waals surface area (Å²) in [7, 11) is 0. The summed E-state index contributed by atoms with van der Waals surface area (Å²) >= 11 is 0. The van der Waals surface area contributed by atoms with E-state index in [1.165, 1.54) is 11.1 Å². The van der Waals surface area contributed by atoms with Gasteiger partial charge in [0.2, 0.25) is 0 Å². The second-order valence-corrected chi connectivity index (χ2v) is 6.09. The predicted molar refractivity (Wildman–Crippen MR) is 84.0 cm³/mol. The van der Waals surface area contributed by atoms with Crippen LogP contribution >= 0.6 is 0 Å². The van der Waals surface area contributed by atoms with Gasteiger partial charge in [0.1, 0.15) is 11.9 Å². The molecule has 0 aromatic heterocycles. The number of ether oxygens (including phenoxy) is 2. The highest BCUT2D eigenvalue weighted by Gasteiger charge is 2.29. The van der Waals surface area contributed by atoms with Crippen molar-refractivity contribution in [3.05, 3.63) is 29.3 Å². The Labute approximate surface area is 127 Å². The molecule has 2 aliphatic rings. The average molecular weight is 290 g/mol. The van der Waals surface area contributed by atoms with Gasteiger partial charge in [-0.25, -0.2) is 0 Å². The maximum Gasteiger partial charge on any atom is 0.123 e. The summed E-state index contributed by atoms with van der Waals surface area (Å²) in [6.45, 7) is 9.95. The zero-order valence-electron chi connectivity index (χ0n) is 13.1. The summed E-state index contributed by atoms with van der Waals surface area (Å²) in [5, 5.41) is 3.43. The minimum Gasteiger partial charge on any atom is -0.488 e. The molecule has 0 bridgehead atoms. The molecule has 2 aliphatic heterocycles. The van der Waals surface area contributed by atoms with Crippen LogP contribution < -0.4 is 10.1 Å². The Kier molecular flexibility index (Phi) is 4.78. The largest absolute Gasteiger partial charge is 0.488 e. The number of hydrogen-bond acceptors (Lipinski definition) is 4. The van der Waals surface area contributed by atoms with Crippen molar-refractivity contribution in [1.29, 1.82) is 0 Å². The Hall–Kier alpha value is -1.10. The molecule has 116 valence electrons. The number of aryl methyl sites for hydroxylation is 1. The van der Waals surface area contributed by atoms with E-state index in [0.717, 1.165) is 51.6 Å². The quantitative estimate of drug-likeness (QED) is 0.893. The van der Waals surface area contributed by atoms with Gasteiger partial charge in [-0.1, -0.05) is 24.6 Å². The monoisotopic (exact) mass is 290 g/mol. The van der Waals surface area contributed by atoms with Gasteiger partial charge in [-0.3, -0.25) is 4.90 Å². The third kappa shape index (κ3) is 3.57. The normalized spacial score (nSPS) is 25.6. The Morgan fingerprint density at radius 2 is 2.29 bits per heavy atom. The minimum absolute atomic E-state index is 0.282. The predicted octanol–water partition coefficient (Wildman–Crippen LogP) is 1.61. The first-order chi connectivity index (χ1) is 10.3. The molecule has 1 N–H and O–H groups in total. The van der Waals surface area contributed by atoms with E-state index < -0.39 is 0 Å². The van der Waals surface area contributed by atoms with Gasteiger partial charge in [0.25, 0.3) is 0 Å². The Morgan fingerprint density at radius 3 is 3.14 bits per heavy atom. The first-order valence-electron chi connectivity index (χ1n) is 8.05. The van der Waals surface area contributed by atoms with Crippen LogP contribution in [0.2, 0.25) is 0 Å². The molecule has 4 heteroatoms. The van der Waals surface area contributed by atoms with Gasteiger partial charge < -0.3 is 14.8 Å². The van der Waals surface area contributed by atoms with Crippen molar-refractivity contribution >= 4 is 0 Å². The van der Waals surface area contributed by atoms with Crippen molar-refractivity contribution in [3.63, 3.8) is 0 Å². The molecule has 2 atom stereocenters. The van der Waals surface area contributed by atoms with E-state index in [2.05, 4.69) is 42.3 Å². The number of likely N-dealkylation sites (N-methyl/N-ethyl adjacent to an activating group) is 1. The lowest BCUT2D eigenvalue weighted by Crippen LogP contribution is -2.53. The zero-order chi connectivity index (χ0) is 14.7. The van der Waals surface area contributed by atoms with Crippen molar-refractivity contribution < 1.29 is 9.47 Å². The van der Waals surface area contributed by atoms with Gasteiger partial charge in [-0.05, 0) is 25.1 Å². The molecular formula is C17H26N2O2. The van der Waals surface area contributed by atoms with E-state index in [4.69, 9.17) is 9.47 Å². The van der Waals surface area contributed by atoms with Gasteiger partial charge in [-0.15, -0.1) is 0 Å². The number of hydrogen-bond donors (Lipinski definition) is 1. The van der Waals surface area contributed by atoms with Gasteiger partial charge in [0.15, 0.2) is 0 Å². The maximum atomic E-state index is 6.11. The lowest BCUT2D eigenvalue weighted by molar-refractivity contribution is -0.0197. The van der Waals surface area contributed by atoms with Crippen LogP contribution in [-0.2, 0) is 11.2 Å². The van der Waals surface area contributed by atoms with E-state index in [9.17, 15) is 0 Å². The highest BCUT2D eigenvalue weighted by molar-refractivity contribution is 5.40. The molecule has 1 aromatic rings. The fourth-order valence-corrected chi connectivity index (χ4v) is 3.24. The number of nitrogens with zero attached hydrogens (tertiary/aromatic N) is 1. The lowest BCUT2D eigenvalue weighted by Gasteiger charge is -2.36. The van der Waals surface area contributed by atoms with Crippen molar-refractivity contribution in [1.82, 2.24) is 10.2 Å². The standard InChI is InChI=1S/C17H26N2O2/c1-3-18-10-15-12-20-7-6-19(15)11-16-9-14-8-13(2)4-5-17(14)21-16/h4-5,8,15-16,18H,3,6-7,9-12H2,1-2H3. The van der Waals surface area contributed by atoms with Gasteiger partial charge in [0, 0.05) is 32.1 Å². The van der Waals surface area contributed by atoms with Gasteiger partial charge in [-0.2, -0.15) is 0 Å². The fraction of sp³-hybridized carbons (Fsp3) is 0.647. The van der Waals surface area contributed by atoms with Crippen LogP contribution in [0.3, 0.4) is 0 Å². The summed E-state index contributed by atoms with van der Waals surface area (Å²) in [5.74, 6) is 1.07. The number of fused-ring (bicyclic) bond motifs is 1. The molecule has 0 aliphatic carbocycles. The Bertz CT molecular complexity index is 478. The van der Waals surface area contributed by atoms with Crippen LogP contribution in [0.1, 0.15) is 18.1 Å². The molecule has 21 heavy (non-hydrogen) atoms. The zero-order valence-corrected chi connectivity index (χ0v) is 13.1. The number of rotatable bonds is 5. The molecule has 2 unspecified atom stereocenters. The maximum absolute atomic E-state index is 6.11. The molecule has 1 saturated heterocycles. The van der Waals surface area contributed by atoms with Crippen LogP contribution in [-0.4, -0.2) is 56.4 Å². The Balaban J connectivity index is 1.58. The molecule has 0 saturated carbocycles. The van der Waals surface area contributed by atoms with Crippen molar-refractivity contribution in [2.45, 2.75) is 32.4 Å².